The van der Waals surface area contributed by atoms with E-state index in [1.165, 1.54) is 0 Å². The van der Waals surface area contributed by atoms with Gasteiger partial charge in [-0.1, -0.05) is 20.3 Å². The number of hydrogen-bond donors (Lipinski definition) is 3. The molecule has 0 fully saturated rings. The summed E-state index contributed by atoms with van der Waals surface area (Å²) in [5, 5.41) is 11.8. The topological polar surface area (TPSA) is 75.4 Å². The van der Waals surface area contributed by atoms with E-state index in [1.54, 1.807) is 0 Å². The Hall–Kier alpha value is -0.610. The third kappa shape index (κ3) is 5.60. The zero-order valence-corrected chi connectivity index (χ0v) is 8.42. The highest BCUT2D eigenvalue weighted by Gasteiger charge is 2.12. The standard InChI is InChI=1S/C9H20N2O2/c1-3-5-8(10)9(13)11-6-7(12)4-2/h7-8,12H,3-6,10H2,1-2H3,(H,11,13)/t7?,8-/m0/s1. The molecular formula is C9H20N2O2. The summed E-state index contributed by atoms with van der Waals surface area (Å²) >= 11 is 0. The third-order valence-corrected chi connectivity index (χ3v) is 1.92. The molecule has 1 amide bonds. The molecule has 0 spiro atoms. The Balaban J connectivity index is 3.61. The molecule has 4 heteroatoms. The van der Waals surface area contributed by atoms with Crippen LogP contribution in [-0.4, -0.2) is 29.7 Å². The molecule has 13 heavy (non-hydrogen) atoms. The number of carbonyl (C=O) groups excluding carboxylic acids is 1. The SMILES string of the molecule is CCC[C@H](N)C(=O)NCC(O)CC. The zero-order chi connectivity index (χ0) is 10.3. The molecule has 0 bridgehead atoms. The molecule has 0 aliphatic carbocycles. The van der Waals surface area contributed by atoms with Crippen molar-refractivity contribution in [3.63, 3.8) is 0 Å². The molecule has 0 aromatic carbocycles. The van der Waals surface area contributed by atoms with Crippen molar-refractivity contribution >= 4 is 5.91 Å². The average molecular weight is 188 g/mol. The van der Waals surface area contributed by atoms with Crippen LogP contribution in [0, 0.1) is 0 Å². The van der Waals surface area contributed by atoms with Crippen molar-refractivity contribution < 1.29 is 9.90 Å². The van der Waals surface area contributed by atoms with Crippen LogP contribution in [0.25, 0.3) is 0 Å². The van der Waals surface area contributed by atoms with Gasteiger partial charge < -0.3 is 16.2 Å². The van der Waals surface area contributed by atoms with Crippen molar-refractivity contribution in [2.24, 2.45) is 5.73 Å². The van der Waals surface area contributed by atoms with Gasteiger partial charge in [0.15, 0.2) is 0 Å². The van der Waals surface area contributed by atoms with Gasteiger partial charge in [0.2, 0.25) is 5.91 Å². The van der Waals surface area contributed by atoms with Crippen LogP contribution >= 0.6 is 0 Å². The zero-order valence-electron chi connectivity index (χ0n) is 8.42. The molecule has 0 aliphatic rings. The first-order valence-electron chi connectivity index (χ1n) is 4.83. The second kappa shape index (κ2) is 6.86. The molecule has 78 valence electrons. The number of amides is 1. The lowest BCUT2D eigenvalue weighted by molar-refractivity contribution is -0.122. The highest BCUT2D eigenvalue weighted by atomic mass is 16.3. The summed E-state index contributed by atoms with van der Waals surface area (Å²) in [6.07, 6.45) is 1.76. The first kappa shape index (κ1) is 12.4. The van der Waals surface area contributed by atoms with E-state index >= 15 is 0 Å². The van der Waals surface area contributed by atoms with Crippen LogP contribution in [0.2, 0.25) is 0 Å². The van der Waals surface area contributed by atoms with Crippen molar-refractivity contribution in [3.8, 4) is 0 Å². The molecule has 0 saturated carbocycles. The maximum Gasteiger partial charge on any atom is 0.237 e. The Labute approximate surface area is 79.5 Å². The molecule has 4 N–H and O–H groups in total. The number of nitrogens with one attached hydrogen (secondary N) is 1. The molecule has 4 nitrogen and oxygen atoms in total. The van der Waals surface area contributed by atoms with E-state index in [1.807, 2.05) is 13.8 Å². The molecule has 0 heterocycles. The summed E-state index contributed by atoms with van der Waals surface area (Å²) in [7, 11) is 0. The van der Waals surface area contributed by atoms with Crippen LogP contribution in [0.15, 0.2) is 0 Å². The fourth-order valence-electron chi connectivity index (χ4n) is 0.936. The van der Waals surface area contributed by atoms with Crippen molar-refractivity contribution in [2.45, 2.75) is 45.3 Å². The quantitative estimate of drug-likeness (QED) is 0.549. The molecule has 1 unspecified atom stereocenters. The van der Waals surface area contributed by atoms with E-state index in [-0.39, 0.29) is 5.91 Å². The molecule has 0 aromatic heterocycles. The van der Waals surface area contributed by atoms with E-state index in [9.17, 15) is 4.79 Å². The Morgan fingerprint density at radius 1 is 1.54 bits per heavy atom. The monoisotopic (exact) mass is 188 g/mol. The maximum absolute atomic E-state index is 11.2. The summed E-state index contributed by atoms with van der Waals surface area (Å²) in [4.78, 5) is 11.2. The van der Waals surface area contributed by atoms with Gasteiger partial charge in [-0.05, 0) is 12.8 Å². The summed E-state index contributed by atoms with van der Waals surface area (Å²) in [5.74, 6) is -0.172. The first-order chi connectivity index (χ1) is 6.11. The summed E-state index contributed by atoms with van der Waals surface area (Å²) in [6, 6.07) is -0.436. The number of aliphatic hydroxyl groups excluding tert-OH is 1. The minimum Gasteiger partial charge on any atom is -0.391 e. The summed E-state index contributed by atoms with van der Waals surface area (Å²) < 4.78 is 0. The second-order valence-corrected chi connectivity index (χ2v) is 3.20. The minimum atomic E-state index is -0.460. The van der Waals surface area contributed by atoms with Gasteiger partial charge >= 0.3 is 0 Å². The average Bonchev–Trinajstić information content (AvgIpc) is 2.13. The lowest BCUT2D eigenvalue weighted by Gasteiger charge is -2.13. The smallest absolute Gasteiger partial charge is 0.237 e. The maximum atomic E-state index is 11.2. The second-order valence-electron chi connectivity index (χ2n) is 3.20. The normalized spacial score (nSPS) is 15.1. The molecule has 0 rings (SSSR count). The third-order valence-electron chi connectivity index (χ3n) is 1.92. The molecule has 0 saturated heterocycles. The molecule has 0 radical (unpaired) electrons. The Morgan fingerprint density at radius 3 is 2.62 bits per heavy atom. The summed E-state index contributed by atoms with van der Waals surface area (Å²) in [5.41, 5.74) is 5.56. The number of rotatable bonds is 6. The predicted molar refractivity (Wildman–Crippen MR) is 52.2 cm³/mol. The molecule has 0 aromatic rings. The van der Waals surface area contributed by atoms with Gasteiger partial charge in [-0.15, -0.1) is 0 Å². The van der Waals surface area contributed by atoms with Gasteiger partial charge in [0.05, 0.1) is 12.1 Å². The van der Waals surface area contributed by atoms with Crippen LogP contribution in [-0.2, 0) is 4.79 Å². The van der Waals surface area contributed by atoms with Gasteiger partial charge in [0.1, 0.15) is 0 Å². The van der Waals surface area contributed by atoms with Gasteiger partial charge in [-0.25, -0.2) is 0 Å². The van der Waals surface area contributed by atoms with Crippen LogP contribution in [0.3, 0.4) is 0 Å². The minimum absolute atomic E-state index is 0.172. The lowest BCUT2D eigenvalue weighted by atomic mass is 10.1. The number of carbonyl (C=O) groups is 1. The Bertz CT molecular complexity index is 151. The van der Waals surface area contributed by atoms with Crippen molar-refractivity contribution in [2.75, 3.05) is 6.54 Å². The highest BCUT2D eigenvalue weighted by Crippen LogP contribution is 1.93. The van der Waals surface area contributed by atoms with Crippen LogP contribution in [0.5, 0.6) is 0 Å². The van der Waals surface area contributed by atoms with Crippen molar-refractivity contribution in [1.82, 2.24) is 5.32 Å². The molecule has 0 aliphatic heterocycles. The number of nitrogens with two attached hydrogens (primary N) is 1. The van der Waals surface area contributed by atoms with Crippen molar-refractivity contribution in [1.29, 1.82) is 0 Å². The van der Waals surface area contributed by atoms with Crippen molar-refractivity contribution in [3.05, 3.63) is 0 Å². The van der Waals surface area contributed by atoms with E-state index < -0.39 is 12.1 Å². The van der Waals surface area contributed by atoms with E-state index in [0.29, 0.717) is 19.4 Å². The largest absolute Gasteiger partial charge is 0.391 e. The van der Waals surface area contributed by atoms with Gasteiger partial charge in [-0.2, -0.15) is 0 Å². The Kier molecular flexibility index (Phi) is 6.54. The van der Waals surface area contributed by atoms with Crippen LogP contribution in [0.4, 0.5) is 0 Å². The molecular weight excluding hydrogens is 168 g/mol. The lowest BCUT2D eigenvalue weighted by Crippen LogP contribution is -2.43. The fraction of sp³-hybridized carbons (Fsp3) is 0.889. The van der Waals surface area contributed by atoms with Gasteiger partial charge in [-0.3, -0.25) is 4.79 Å². The Morgan fingerprint density at radius 2 is 2.15 bits per heavy atom. The van der Waals surface area contributed by atoms with E-state index in [4.69, 9.17) is 10.8 Å². The van der Waals surface area contributed by atoms with Crippen LogP contribution < -0.4 is 11.1 Å². The fourth-order valence-corrected chi connectivity index (χ4v) is 0.936. The first-order valence-corrected chi connectivity index (χ1v) is 4.83. The van der Waals surface area contributed by atoms with E-state index in [0.717, 1.165) is 6.42 Å². The van der Waals surface area contributed by atoms with Gasteiger partial charge in [0, 0.05) is 6.54 Å². The van der Waals surface area contributed by atoms with E-state index in [2.05, 4.69) is 5.32 Å². The molecule has 2 atom stereocenters. The number of aliphatic hydroxyl groups is 1. The van der Waals surface area contributed by atoms with Gasteiger partial charge in [0.25, 0.3) is 0 Å². The predicted octanol–water partition coefficient (Wildman–Crippen LogP) is 0.000900. The summed E-state index contributed by atoms with van der Waals surface area (Å²) in [6.45, 7) is 4.14. The number of hydrogen-bond acceptors (Lipinski definition) is 3. The van der Waals surface area contributed by atoms with Crippen LogP contribution in [0.1, 0.15) is 33.1 Å². The highest BCUT2D eigenvalue weighted by molar-refractivity contribution is 5.81.